The normalized spacial score (nSPS) is 12.1. The van der Waals surface area contributed by atoms with Crippen molar-refractivity contribution in [2.45, 2.75) is 329 Å². The van der Waals surface area contributed by atoms with Crippen molar-refractivity contribution in [2.24, 2.45) is 0 Å². The highest BCUT2D eigenvalue weighted by Gasteiger charge is 2.19. The highest BCUT2D eigenvalue weighted by atomic mass is 16.6. The van der Waals surface area contributed by atoms with Crippen LogP contribution in [-0.2, 0) is 28.6 Å². The van der Waals surface area contributed by atoms with Crippen molar-refractivity contribution in [3.63, 3.8) is 0 Å². The Morgan fingerprint density at radius 2 is 0.545 bits per heavy atom. The first-order valence-corrected chi connectivity index (χ1v) is 29.3. The van der Waals surface area contributed by atoms with Crippen LogP contribution in [0.5, 0.6) is 0 Å². The average molecular weight is 930 g/mol. The first-order chi connectivity index (χ1) is 32.5. The molecule has 6 nitrogen and oxygen atoms in total. The van der Waals surface area contributed by atoms with Gasteiger partial charge in [-0.05, 0) is 51.4 Å². The number of carbonyl (C=O) groups excluding carboxylic acids is 3. The van der Waals surface area contributed by atoms with Crippen molar-refractivity contribution in [2.75, 3.05) is 13.2 Å². The van der Waals surface area contributed by atoms with Crippen molar-refractivity contribution < 1.29 is 28.6 Å². The van der Waals surface area contributed by atoms with Crippen LogP contribution in [0.25, 0.3) is 0 Å². The summed E-state index contributed by atoms with van der Waals surface area (Å²) >= 11 is 0. The van der Waals surface area contributed by atoms with Crippen molar-refractivity contribution in [1.29, 1.82) is 0 Å². The molecule has 0 aliphatic rings. The van der Waals surface area contributed by atoms with E-state index in [0.717, 1.165) is 70.6 Å². The second-order valence-corrected chi connectivity index (χ2v) is 19.9. The second-order valence-electron chi connectivity index (χ2n) is 19.9. The molecule has 388 valence electrons. The fourth-order valence-corrected chi connectivity index (χ4v) is 8.77. The van der Waals surface area contributed by atoms with Crippen LogP contribution in [0, 0.1) is 0 Å². The molecule has 6 heteroatoms. The zero-order chi connectivity index (χ0) is 47.9. The lowest BCUT2D eigenvalue weighted by molar-refractivity contribution is -0.167. The summed E-state index contributed by atoms with van der Waals surface area (Å²) in [4.78, 5) is 37.8. The van der Waals surface area contributed by atoms with Gasteiger partial charge in [-0.25, -0.2) is 0 Å². The first-order valence-electron chi connectivity index (χ1n) is 29.3. The number of hydrogen-bond acceptors (Lipinski definition) is 6. The van der Waals surface area contributed by atoms with E-state index in [4.69, 9.17) is 14.2 Å². The van der Waals surface area contributed by atoms with Gasteiger partial charge in [0, 0.05) is 19.3 Å². The number of rotatable bonds is 54. The summed E-state index contributed by atoms with van der Waals surface area (Å²) in [7, 11) is 0. The van der Waals surface area contributed by atoms with Gasteiger partial charge < -0.3 is 14.2 Å². The van der Waals surface area contributed by atoms with E-state index in [1.165, 1.54) is 212 Å². The molecule has 0 aromatic carbocycles. The van der Waals surface area contributed by atoms with Gasteiger partial charge in [0.25, 0.3) is 0 Å². The molecule has 0 aliphatic heterocycles. The molecule has 0 saturated carbocycles. The van der Waals surface area contributed by atoms with Crippen LogP contribution in [0.3, 0.4) is 0 Å². The van der Waals surface area contributed by atoms with E-state index in [0.29, 0.717) is 19.3 Å². The van der Waals surface area contributed by atoms with Crippen LogP contribution in [-0.4, -0.2) is 37.2 Å². The van der Waals surface area contributed by atoms with Crippen molar-refractivity contribution in [3.8, 4) is 0 Å². The van der Waals surface area contributed by atoms with E-state index in [1.54, 1.807) is 0 Å². The van der Waals surface area contributed by atoms with E-state index in [2.05, 4.69) is 45.1 Å². The molecule has 0 aromatic heterocycles. The monoisotopic (exact) mass is 929 g/mol. The molecule has 0 amide bonds. The summed E-state index contributed by atoms with van der Waals surface area (Å²) in [6, 6.07) is 0. The Hall–Kier alpha value is -2.11. The van der Waals surface area contributed by atoms with Crippen LogP contribution in [0.1, 0.15) is 323 Å². The topological polar surface area (TPSA) is 78.9 Å². The lowest BCUT2D eigenvalue weighted by Gasteiger charge is -2.18. The zero-order valence-electron chi connectivity index (χ0n) is 44.5. The second kappa shape index (κ2) is 55.5. The van der Waals surface area contributed by atoms with Gasteiger partial charge in [0.1, 0.15) is 13.2 Å². The molecule has 0 fully saturated rings. The van der Waals surface area contributed by atoms with E-state index >= 15 is 0 Å². The summed E-state index contributed by atoms with van der Waals surface area (Å²) in [5, 5.41) is 0. The van der Waals surface area contributed by atoms with Crippen LogP contribution in [0.15, 0.2) is 24.3 Å². The molecule has 0 radical (unpaired) electrons. The maximum Gasteiger partial charge on any atom is 0.306 e. The summed E-state index contributed by atoms with van der Waals surface area (Å²) in [6.07, 6.45) is 65.1. The number of allylic oxidation sites excluding steroid dienone is 4. The van der Waals surface area contributed by atoms with Crippen LogP contribution in [0.4, 0.5) is 0 Å². The maximum atomic E-state index is 12.8. The van der Waals surface area contributed by atoms with Crippen LogP contribution >= 0.6 is 0 Å². The average Bonchev–Trinajstić information content (AvgIpc) is 3.31. The molecule has 0 heterocycles. The van der Waals surface area contributed by atoms with Crippen molar-refractivity contribution in [3.05, 3.63) is 24.3 Å². The minimum absolute atomic E-state index is 0.0672. The molecule has 0 aromatic rings. The number of carbonyl (C=O) groups is 3. The molecule has 0 bridgehead atoms. The first kappa shape index (κ1) is 63.9. The molecular weight excluding hydrogens is 817 g/mol. The standard InChI is InChI=1S/C60H112O6/c1-4-7-10-13-15-17-19-21-23-25-27-28-29-30-31-32-33-35-36-38-40-42-44-47-50-53-59(62)65-56-57(55-64-58(61)52-49-46-12-9-6-3)66-60(63)54-51-48-45-43-41-39-37-34-26-24-22-20-18-16-14-11-8-5-2/h19,21,25,27,57H,4-18,20,22-24,26,28-56H2,1-3H3/b21-19-,27-25-. The third-order valence-electron chi connectivity index (χ3n) is 13.2. The molecule has 0 saturated heterocycles. The number of unbranched alkanes of at least 4 members (excludes halogenated alkanes) is 39. The molecular formula is C60H112O6. The summed E-state index contributed by atoms with van der Waals surface area (Å²) < 4.78 is 16.7. The third-order valence-corrected chi connectivity index (χ3v) is 13.2. The maximum absolute atomic E-state index is 12.8. The minimum Gasteiger partial charge on any atom is -0.462 e. The Kier molecular flexibility index (Phi) is 53.7. The summed E-state index contributed by atoms with van der Waals surface area (Å²) in [5.41, 5.74) is 0. The van der Waals surface area contributed by atoms with Gasteiger partial charge in [-0.2, -0.15) is 0 Å². The fraction of sp³-hybridized carbons (Fsp3) is 0.883. The van der Waals surface area contributed by atoms with Gasteiger partial charge in [-0.3, -0.25) is 14.4 Å². The predicted molar refractivity (Wildman–Crippen MR) is 284 cm³/mol. The lowest BCUT2D eigenvalue weighted by atomic mass is 10.0. The van der Waals surface area contributed by atoms with Gasteiger partial charge >= 0.3 is 17.9 Å². The number of hydrogen-bond donors (Lipinski definition) is 0. The highest BCUT2D eigenvalue weighted by Crippen LogP contribution is 2.17. The molecule has 0 rings (SSSR count). The van der Waals surface area contributed by atoms with Crippen molar-refractivity contribution >= 4 is 17.9 Å². The van der Waals surface area contributed by atoms with E-state index in [1.807, 2.05) is 0 Å². The Morgan fingerprint density at radius 1 is 0.303 bits per heavy atom. The Morgan fingerprint density at radius 3 is 0.833 bits per heavy atom. The van der Waals surface area contributed by atoms with Gasteiger partial charge in [0.15, 0.2) is 6.10 Å². The minimum atomic E-state index is -0.763. The molecule has 0 spiro atoms. The molecule has 1 atom stereocenters. The van der Waals surface area contributed by atoms with Crippen LogP contribution < -0.4 is 0 Å². The molecule has 1 unspecified atom stereocenters. The highest BCUT2D eigenvalue weighted by molar-refractivity contribution is 5.71. The number of esters is 3. The smallest absolute Gasteiger partial charge is 0.306 e. The number of ether oxygens (including phenoxy) is 3. The molecule has 0 N–H and O–H groups in total. The van der Waals surface area contributed by atoms with E-state index < -0.39 is 6.10 Å². The predicted octanol–water partition coefficient (Wildman–Crippen LogP) is 19.5. The Balaban J connectivity index is 4.02. The Labute approximate surface area is 411 Å². The van der Waals surface area contributed by atoms with E-state index in [-0.39, 0.29) is 31.1 Å². The van der Waals surface area contributed by atoms with Crippen LogP contribution in [0.2, 0.25) is 0 Å². The van der Waals surface area contributed by atoms with Gasteiger partial charge in [0.05, 0.1) is 0 Å². The molecule has 66 heavy (non-hydrogen) atoms. The van der Waals surface area contributed by atoms with Gasteiger partial charge in [-0.1, -0.05) is 276 Å². The van der Waals surface area contributed by atoms with E-state index in [9.17, 15) is 14.4 Å². The third kappa shape index (κ3) is 52.9. The molecule has 0 aliphatic carbocycles. The quantitative estimate of drug-likeness (QED) is 0.0262. The SMILES string of the molecule is CCCCCCC/C=C\C/C=C\CCCCCCCCCCCCCCCC(=O)OCC(COC(=O)CCCCCCC)OC(=O)CCCCCCCCCCCCCCCCCCCC. The van der Waals surface area contributed by atoms with Crippen molar-refractivity contribution in [1.82, 2.24) is 0 Å². The van der Waals surface area contributed by atoms with Gasteiger partial charge in [-0.15, -0.1) is 0 Å². The summed E-state index contributed by atoms with van der Waals surface area (Å²) in [6.45, 7) is 6.59. The lowest BCUT2D eigenvalue weighted by Crippen LogP contribution is -2.30. The zero-order valence-corrected chi connectivity index (χ0v) is 44.5. The fourth-order valence-electron chi connectivity index (χ4n) is 8.77. The summed E-state index contributed by atoms with van der Waals surface area (Å²) in [5.74, 6) is -0.862. The van der Waals surface area contributed by atoms with Gasteiger partial charge in [0.2, 0.25) is 0 Å². The Bertz CT molecular complexity index is 1070. The largest absolute Gasteiger partial charge is 0.462 e.